The molecule has 2 fully saturated rings. The zero-order valence-corrected chi connectivity index (χ0v) is 13.4. The van der Waals surface area contributed by atoms with Crippen LogP contribution in [0.15, 0.2) is 0 Å². The second-order valence-electron chi connectivity index (χ2n) is 8.14. The molecule has 2 nitrogen and oxygen atoms in total. The van der Waals surface area contributed by atoms with E-state index in [4.69, 9.17) is 11.5 Å². The molecule has 112 valence electrons. The van der Waals surface area contributed by atoms with Crippen molar-refractivity contribution in [2.75, 3.05) is 0 Å². The third-order valence-corrected chi connectivity index (χ3v) is 6.33. The molecule has 0 amide bonds. The average Bonchev–Trinajstić information content (AvgIpc) is 2.27. The first-order valence-corrected chi connectivity index (χ1v) is 8.33. The smallest absolute Gasteiger partial charge is 0.00415 e. The first-order valence-electron chi connectivity index (χ1n) is 8.33. The molecule has 2 aliphatic carbocycles. The second kappa shape index (κ2) is 5.73. The van der Waals surface area contributed by atoms with Crippen molar-refractivity contribution in [2.45, 2.75) is 78.3 Å². The van der Waals surface area contributed by atoms with E-state index in [2.05, 4.69) is 27.7 Å². The number of nitrogens with two attached hydrogens (primary N) is 2. The van der Waals surface area contributed by atoms with Crippen molar-refractivity contribution in [3.63, 3.8) is 0 Å². The van der Waals surface area contributed by atoms with Gasteiger partial charge in [0, 0.05) is 12.1 Å². The number of hydrogen-bond donors (Lipinski definition) is 2. The van der Waals surface area contributed by atoms with Crippen LogP contribution in [0.1, 0.15) is 66.2 Å². The first-order chi connectivity index (χ1) is 8.82. The van der Waals surface area contributed by atoms with Gasteiger partial charge in [-0.15, -0.1) is 0 Å². The molecule has 0 aliphatic heterocycles. The number of rotatable bonds is 2. The summed E-state index contributed by atoms with van der Waals surface area (Å²) < 4.78 is 0. The Hall–Kier alpha value is -0.0800. The summed E-state index contributed by atoms with van der Waals surface area (Å²) >= 11 is 0. The van der Waals surface area contributed by atoms with Crippen molar-refractivity contribution in [2.24, 2.45) is 40.6 Å². The largest absolute Gasteiger partial charge is 0.328 e. The van der Waals surface area contributed by atoms with Gasteiger partial charge in [-0.1, -0.05) is 27.7 Å². The zero-order chi connectivity index (χ0) is 14.2. The second-order valence-corrected chi connectivity index (χ2v) is 8.14. The van der Waals surface area contributed by atoms with E-state index in [-0.39, 0.29) is 0 Å². The van der Waals surface area contributed by atoms with Crippen LogP contribution in [0.2, 0.25) is 0 Å². The van der Waals surface area contributed by atoms with Gasteiger partial charge in [0.2, 0.25) is 0 Å². The predicted molar refractivity (Wildman–Crippen MR) is 82.7 cm³/mol. The molecule has 2 heteroatoms. The summed E-state index contributed by atoms with van der Waals surface area (Å²) in [5, 5.41) is 0. The van der Waals surface area contributed by atoms with Crippen LogP contribution in [0.3, 0.4) is 0 Å². The standard InChI is InChI=1S/C17H34N2/c1-11-9-13(18)5-7-15(11)17(3,4)16-8-6-14(19)10-12(16)2/h11-16H,5-10,18-19H2,1-4H3. The van der Waals surface area contributed by atoms with E-state index in [0.29, 0.717) is 17.5 Å². The van der Waals surface area contributed by atoms with E-state index in [1.807, 2.05) is 0 Å². The van der Waals surface area contributed by atoms with E-state index in [1.54, 1.807) is 0 Å². The first kappa shape index (κ1) is 15.3. The highest BCUT2D eigenvalue weighted by molar-refractivity contribution is 4.95. The lowest BCUT2D eigenvalue weighted by Crippen LogP contribution is -2.46. The SMILES string of the molecule is CC1CC(N)CCC1C(C)(C)C1CCC(N)CC1C. The lowest BCUT2D eigenvalue weighted by Gasteiger charge is -2.51. The van der Waals surface area contributed by atoms with Gasteiger partial charge in [-0.2, -0.15) is 0 Å². The molecule has 6 atom stereocenters. The van der Waals surface area contributed by atoms with Crippen LogP contribution in [0.25, 0.3) is 0 Å². The van der Waals surface area contributed by atoms with Gasteiger partial charge >= 0.3 is 0 Å². The molecule has 0 aromatic rings. The van der Waals surface area contributed by atoms with Crippen LogP contribution in [0.5, 0.6) is 0 Å². The minimum Gasteiger partial charge on any atom is -0.328 e. The van der Waals surface area contributed by atoms with Gasteiger partial charge in [0.15, 0.2) is 0 Å². The summed E-state index contributed by atoms with van der Waals surface area (Å²) in [5.41, 5.74) is 12.7. The average molecular weight is 266 g/mol. The minimum atomic E-state index is 0.444. The lowest BCUT2D eigenvalue weighted by molar-refractivity contribution is -0.00513. The topological polar surface area (TPSA) is 52.0 Å². The molecule has 2 saturated carbocycles. The van der Waals surface area contributed by atoms with Crippen LogP contribution < -0.4 is 11.5 Å². The third kappa shape index (κ3) is 3.16. The van der Waals surface area contributed by atoms with E-state index in [9.17, 15) is 0 Å². The maximum Gasteiger partial charge on any atom is 0.00415 e. The maximum atomic E-state index is 6.14. The molecule has 6 unspecified atom stereocenters. The van der Waals surface area contributed by atoms with Gasteiger partial charge in [0.1, 0.15) is 0 Å². The van der Waals surface area contributed by atoms with Crippen molar-refractivity contribution >= 4 is 0 Å². The molecule has 19 heavy (non-hydrogen) atoms. The van der Waals surface area contributed by atoms with Crippen molar-refractivity contribution in [3.8, 4) is 0 Å². The van der Waals surface area contributed by atoms with Crippen LogP contribution in [-0.2, 0) is 0 Å². The van der Waals surface area contributed by atoms with Gasteiger partial charge < -0.3 is 11.5 Å². The maximum absolute atomic E-state index is 6.14. The Labute approximate surface area is 119 Å². The summed E-state index contributed by atoms with van der Waals surface area (Å²) in [6.45, 7) is 9.88. The van der Waals surface area contributed by atoms with Gasteiger partial charge in [-0.05, 0) is 67.6 Å². The Morgan fingerprint density at radius 1 is 0.737 bits per heavy atom. The fourth-order valence-corrected chi connectivity index (χ4v) is 5.36. The highest BCUT2D eigenvalue weighted by Crippen LogP contribution is 2.51. The van der Waals surface area contributed by atoms with Crippen LogP contribution in [0.4, 0.5) is 0 Å². The van der Waals surface area contributed by atoms with E-state index in [1.165, 1.54) is 38.5 Å². The van der Waals surface area contributed by atoms with Crippen molar-refractivity contribution in [3.05, 3.63) is 0 Å². The number of hydrogen-bond acceptors (Lipinski definition) is 2. The molecule has 2 aliphatic rings. The van der Waals surface area contributed by atoms with Crippen LogP contribution in [0, 0.1) is 29.1 Å². The molecule has 0 aromatic heterocycles. The molecule has 4 N–H and O–H groups in total. The van der Waals surface area contributed by atoms with Crippen molar-refractivity contribution in [1.29, 1.82) is 0 Å². The Morgan fingerprint density at radius 2 is 1.11 bits per heavy atom. The Morgan fingerprint density at radius 3 is 1.42 bits per heavy atom. The van der Waals surface area contributed by atoms with Gasteiger partial charge in [0.25, 0.3) is 0 Å². The minimum absolute atomic E-state index is 0.444. The van der Waals surface area contributed by atoms with Crippen molar-refractivity contribution < 1.29 is 0 Å². The summed E-state index contributed by atoms with van der Waals surface area (Å²) in [5.74, 6) is 3.24. The van der Waals surface area contributed by atoms with Gasteiger partial charge in [0.05, 0.1) is 0 Å². The fraction of sp³-hybridized carbons (Fsp3) is 1.00. The summed E-state index contributed by atoms with van der Waals surface area (Å²) in [4.78, 5) is 0. The molecule has 2 rings (SSSR count). The van der Waals surface area contributed by atoms with E-state index in [0.717, 1.165) is 23.7 Å². The Balaban J connectivity index is 2.08. The van der Waals surface area contributed by atoms with Crippen LogP contribution >= 0.6 is 0 Å². The zero-order valence-electron chi connectivity index (χ0n) is 13.4. The summed E-state index contributed by atoms with van der Waals surface area (Å²) in [6, 6.07) is 0.888. The predicted octanol–water partition coefficient (Wildman–Crippen LogP) is 3.54. The highest BCUT2D eigenvalue weighted by Gasteiger charge is 2.44. The molecular weight excluding hydrogens is 232 g/mol. The Bertz CT molecular complexity index is 272. The highest BCUT2D eigenvalue weighted by atomic mass is 14.7. The molecule has 0 heterocycles. The molecule has 0 radical (unpaired) electrons. The molecule has 0 spiro atoms. The van der Waals surface area contributed by atoms with Crippen LogP contribution in [-0.4, -0.2) is 12.1 Å². The van der Waals surface area contributed by atoms with Gasteiger partial charge in [-0.25, -0.2) is 0 Å². The molecule has 0 bridgehead atoms. The fourth-order valence-electron chi connectivity index (χ4n) is 5.36. The van der Waals surface area contributed by atoms with Gasteiger partial charge in [-0.3, -0.25) is 0 Å². The summed E-state index contributed by atoms with van der Waals surface area (Å²) in [7, 11) is 0. The monoisotopic (exact) mass is 266 g/mol. The molecule has 0 aromatic carbocycles. The van der Waals surface area contributed by atoms with E-state index >= 15 is 0 Å². The van der Waals surface area contributed by atoms with E-state index < -0.39 is 0 Å². The summed E-state index contributed by atoms with van der Waals surface area (Å²) in [6.07, 6.45) is 7.52. The quantitative estimate of drug-likeness (QED) is 0.803. The normalized spacial score (nSPS) is 45.2. The molecule has 0 saturated heterocycles. The lowest BCUT2D eigenvalue weighted by atomic mass is 9.55. The van der Waals surface area contributed by atoms with Crippen molar-refractivity contribution in [1.82, 2.24) is 0 Å². The molecular formula is C17H34N2. The Kier molecular flexibility index (Phi) is 4.62. The third-order valence-electron chi connectivity index (χ3n) is 6.33.